The Morgan fingerprint density at radius 2 is 1.65 bits per heavy atom. The molecule has 0 heterocycles. The summed E-state index contributed by atoms with van der Waals surface area (Å²) in [6.45, 7) is 0. The topological polar surface area (TPSA) is 92.7 Å². The molecule has 0 aromatic heterocycles. The van der Waals surface area contributed by atoms with Gasteiger partial charge < -0.3 is 15.2 Å². The molecule has 6 nitrogen and oxygen atoms in total. The highest BCUT2D eigenvalue weighted by atomic mass is 16.5. The van der Waals surface area contributed by atoms with Crippen molar-refractivity contribution in [3.05, 3.63) is 29.8 Å². The van der Waals surface area contributed by atoms with Crippen molar-refractivity contribution in [2.24, 2.45) is 0 Å². The number of rotatable bonds is 8. The van der Waals surface area contributed by atoms with Crippen LogP contribution in [0.2, 0.25) is 0 Å². The molecular weight excluding hydrogens is 334 g/mol. The van der Waals surface area contributed by atoms with Gasteiger partial charge in [0, 0.05) is 18.4 Å². The number of ketones is 1. The first-order valence-electron chi connectivity index (χ1n) is 9.18. The number of Topliss-reactive ketones (excluding diaryl/α,β-unsaturated/α-hetero) is 1. The predicted octanol–water partition coefficient (Wildman–Crippen LogP) is 3.34. The first-order chi connectivity index (χ1) is 12.5. The fraction of sp³-hybridized carbons (Fsp3) is 0.550. The molecule has 0 unspecified atom stereocenters. The fourth-order valence-corrected chi connectivity index (χ4v) is 3.38. The molecule has 0 atom stereocenters. The number of hydrogen-bond acceptors (Lipinski definition) is 4. The van der Waals surface area contributed by atoms with Crippen LogP contribution < -0.4 is 10.1 Å². The number of hydrogen-bond donors (Lipinski definition) is 2. The molecule has 1 saturated carbocycles. The number of ether oxygens (including phenoxy) is 1. The smallest absolute Gasteiger partial charge is 0.329 e. The van der Waals surface area contributed by atoms with Crippen LogP contribution >= 0.6 is 0 Å². The van der Waals surface area contributed by atoms with E-state index < -0.39 is 11.5 Å². The summed E-state index contributed by atoms with van der Waals surface area (Å²) in [6, 6.07) is 6.85. The number of carbonyl (C=O) groups excluding carboxylic acids is 2. The summed E-state index contributed by atoms with van der Waals surface area (Å²) in [5.41, 5.74) is -0.565. The summed E-state index contributed by atoms with van der Waals surface area (Å²) in [5.74, 6) is -0.606. The van der Waals surface area contributed by atoms with E-state index in [1.807, 2.05) is 0 Å². The Morgan fingerprint density at radius 1 is 1.04 bits per heavy atom. The SMILES string of the molecule is COc1ccc(C(=O)CCCC(=O)NC2(C(=O)O)CCCCCC2)cc1. The van der Waals surface area contributed by atoms with Crippen LogP contribution in [0.5, 0.6) is 5.75 Å². The van der Waals surface area contributed by atoms with E-state index in [2.05, 4.69) is 5.32 Å². The van der Waals surface area contributed by atoms with Crippen molar-refractivity contribution in [2.45, 2.75) is 63.3 Å². The molecule has 0 spiro atoms. The van der Waals surface area contributed by atoms with E-state index in [0.29, 0.717) is 30.6 Å². The average Bonchev–Trinajstić information content (AvgIpc) is 2.88. The van der Waals surface area contributed by atoms with Crippen LogP contribution in [-0.4, -0.2) is 35.4 Å². The van der Waals surface area contributed by atoms with Gasteiger partial charge in [0.05, 0.1) is 7.11 Å². The third-order valence-electron chi connectivity index (χ3n) is 4.96. The third-order valence-corrected chi connectivity index (χ3v) is 4.96. The Kier molecular flexibility index (Phi) is 7.18. The minimum atomic E-state index is -1.15. The molecule has 1 aromatic carbocycles. The molecule has 2 rings (SSSR count). The normalized spacial score (nSPS) is 16.3. The van der Waals surface area contributed by atoms with Crippen LogP contribution in [-0.2, 0) is 9.59 Å². The average molecular weight is 361 g/mol. The highest BCUT2D eigenvalue weighted by molar-refractivity contribution is 5.96. The predicted molar refractivity (Wildman–Crippen MR) is 97.4 cm³/mol. The van der Waals surface area contributed by atoms with Crippen molar-refractivity contribution in [3.63, 3.8) is 0 Å². The summed E-state index contributed by atoms with van der Waals surface area (Å²) < 4.78 is 5.06. The Balaban J connectivity index is 1.83. The van der Waals surface area contributed by atoms with Crippen LogP contribution in [0.25, 0.3) is 0 Å². The molecule has 1 aromatic rings. The second-order valence-electron chi connectivity index (χ2n) is 6.85. The molecule has 0 saturated heterocycles. The molecule has 26 heavy (non-hydrogen) atoms. The first kappa shape index (κ1) is 19.9. The van der Waals surface area contributed by atoms with Gasteiger partial charge in [0.15, 0.2) is 5.78 Å². The van der Waals surface area contributed by atoms with E-state index in [4.69, 9.17) is 4.74 Å². The lowest BCUT2D eigenvalue weighted by atomic mass is 9.90. The van der Waals surface area contributed by atoms with E-state index in [-0.39, 0.29) is 24.5 Å². The minimum Gasteiger partial charge on any atom is -0.497 e. The van der Waals surface area contributed by atoms with E-state index >= 15 is 0 Å². The lowest BCUT2D eigenvalue weighted by molar-refractivity contribution is -0.148. The Bertz CT molecular complexity index is 630. The van der Waals surface area contributed by atoms with Crippen molar-refractivity contribution in [3.8, 4) is 5.75 Å². The summed E-state index contributed by atoms with van der Waals surface area (Å²) in [4.78, 5) is 36.1. The summed E-state index contributed by atoms with van der Waals surface area (Å²) in [6.07, 6.45) is 5.36. The van der Waals surface area contributed by atoms with Crippen molar-refractivity contribution < 1.29 is 24.2 Å². The second-order valence-corrected chi connectivity index (χ2v) is 6.85. The third kappa shape index (κ3) is 5.31. The molecule has 1 aliphatic rings. The lowest BCUT2D eigenvalue weighted by Crippen LogP contribution is -2.54. The van der Waals surface area contributed by atoms with E-state index in [9.17, 15) is 19.5 Å². The zero-order valence-corrected chi connectivity index (χ0v) is 15.3. The minimum absolute atomic E-state index is 0.0390. The monoisotopic (exact) mass is 361 g/mol. The van der Waals surface area contributed by atoms with Crippen LogP contribution in [0.3, 0.4) is 0 Å². The number of nitrogens with one attached hydrogen (secondary N) is 1. The number of amides is 1. The van der Waals surface area contributed by atoms with Crippen molar-refractivity contribution in [1.29, 1.82) is 0 Å². The summed E-state index contributed by atoms with van der Waals surface area (Å²) in [7, 11) is 1.56. The Hall–Kier alpha value is -2.37. The maximum absolute atomic E-state index is 12.2. The molecule has 0 radical (unpaired) electrons. The first-order valence-corrected chi connectivity index (χ1v) is 9.18. The van der Waals surface area contributed by atoms with Gasteiger partial charge in [0.25, 0.3) is 0 Å². The van der Waals surface area contributed by atoms with Crippen LogP contribution in [0.15, 0.2) is 24.3 Å². The van der Waals surface area contributed by atoms with Gasteiger partial charge in [-0.2, -0.15) is 0 Å². The van der Waals surface area contributed by atoms with Gasteiger partial charge in [0.2, 0.25) is 5.91 Å². The molecule has 2 N–H and O–H groups in total. The zero-order chi connectivity index (χ0) is 19.0. The van der Waals surface area contributed by atoms with Crippen LogP contribution in [0, 0.1) is 0 Å². The standard InChI is InChI=1S/C20H27NO5/c1-26-16-11-9-15(10-12-16)17(22)7-6-8-18(23)21-20(19(24)25)13-4-2-3-5-14-20/h9-12H,2-8,13-14H2,1H3,(H,21,23)(H,24,25). The zero-order valence-electron chi connectivity index (χ0n) is 15.3. The van der Waals surface area contributed by atoms with E-state index in [1.54, 1.807) is 31.4 Å². The number of aliphatic carboxylic acids is 1. The number of methoxy groups -OCH3 is 1. The number of carbonyl (C=O) groups is 3. The maximum Gasteiger partial charge on any atom is 0.329 e. The number of carboxylic acid groups (broad SMARTS) is 1. The van der Waals surface area contributed by atoms with Gasteiger partial charge in [0.1, 0.15) is 11.3 Å². The highest BCUT2D eigenvalue weighted by Crippen LogP contribution is 2.27. The van der Waals surface area contributed by atoms with Crippen molar-refractivity contribution >= 4 is 17.7 Å². The van der Waals surface area contributed by atoms with Crippen LogP contribution in [0.1, 0.15) is 68.1 Å². The largest absolute Gasteiger partial charge is 0.497 e. The molecule has 1 amide bonds. The van der Waals surface area contributed by atoms with Gasteiger partial charge in [-0.1, -0.05) is 25.7 Å². The summed E-state index contributed by atoms with van der Waals surface area (Å²) in [5, 5.41) is 12.3. The highest BCUT2D eigenvalue weighted by Gasteiger charge is 2.39. The lowest BCUT2D eigenvalue weighted by Gasteiger charge is -2.29. The van der Waals surface area contributed by atoms with Gasteiger partial charge in [-0.05, 0) is 43.5 Å². The fourth-order valence-electron chi connectivity index (χ4n) is 3.38. The molecule has 142 valence electrons. The van der Waals surface area contributed by atoms with Gasteiger partial charge in [-0.15, -0.1) is 0 Å². The quantitative estimate of drug-likeness (QED) is 0.547. The van der Waals surface area contributed by atoms with E-state index in [1.165, 1.54) is 0 Å². The molecule has 1 fully saturated rings. The number of benzene rings is 1. The Labute approximate surface area is 153 Å². The number of carboxylic acids is 1. The Morgan fingerprint density at radius 3 is 2.19 bits per heavy atom. The molecule has 0 aliphatic heterocycles. The molecule has 6 heteroatoms. The molecular formula is C20H27NO5. The van der Waals surface area contributed by atoms with Gasteiger partial charge >= 0.3 is 5.97 Å². The second kappa shape index (κ2) is 9.36. The van der Waals surface area contributed by atoms with Gasteiger partial charge in [-0.25, -0.2) is 4.79 Å². The van der Waals surface area contributed by atoms with Crippen molar-refractivity contribution in [1.82, 2.24) is 5.32 Å². The van der Waals surface area contributed by atoms with E-state index in [0.717, 1.165) is 25.7 Å². The van der Waals surface area contributed by atoms with Crippen molar-refractivity contribution in [2.75, 3.05) is 7.11 Å². The van der Waals surface area contributed by atoms with Gasteiger partial charge in [-0.3, -0.25) is 9.59 Å². The molecule has 1 aliphatic carbocycles. The maximum atomic E-state index is 12.2. The summed E-state index contributed by atoms with van der Waals surface area (Å²) >= 11 is 0. The molecule has 0 bridgehead atoms. The van der Waals surface area contributed by atoms with Crippen LogP contribution in [0.4, 0.5) is 0 Å².